The predicted octanol–water partition coefficient (Wildman–Crippen LogP) is 2.43. The molecule has 2 aliphatic rings. The zero-order valence-corrected chi connectivity index (χ0v) is 16.1. The van der Waals surface area contributed by atoms with E-state index >= 15 is 0 Å². The molecule has 8 heteroatoms. The van der Waals surface area contributed by atoms with E-state index < -0.39 is 39.4 Å². The van der Waals surface area contributed by atoms with Gasteiger partial charge in [-0.05, 0) is 24.1 Å². The van der Waals surface area contributed by atoms with Crippen molar-refractivity contribution in [2.24, 2.45) is 0 Å². The van der Waals surface area contributed by atoms with Gasteiger partial charge in [-0.25, -0.2) is 12.8 Å². The van der Waals surface area contributed by atoms with E-state index in [0.29, 0.717) is 11.1 Å². The smallest absolute Gasteiger partial charge is 0.295 e. The van der Waals surface area contributed by atoms with E-state index in [-0.39, 0.29) is 29.3 Å². The lowest BCUT2D eigenvalue weighted by Gasteiger charge is -2.30. The number of amides is 1. The summed E-state index contributed by atoms with van der Waals surface area (Å²) in [6.07, 6.45) is 0.187. The minimum atomic E-state index is -3.34. The fourth-order valence-electron chi connectivity index (χ4n) is 3.98. The third kappa shape index (κ3) is 3.44. The number of hydrogen-bond donors (Lipinski definition) is 1. The van der Waals surface area contributed by atoms with Crippen LogP contribution >= 0.6 is 0 Å². The molecule has 2 saturated heterocycles. The lowest BCUT2D eigenvalue weighted by molar-refractivity contribution is -0.141. The minimum Gasteiger partial charge on any atom is -0.507 e. The number of Topliss-reactive ketones (excluding diaryl/α,β-unsaturated/α-hetero) is 1. The summed E-state index contributed by atoms with van der Waals surface area (Å²) in [5.41, 5.74) is 0.466. The van der Waals surface area contributed by atoms with E-state index in [4.69, 9.17) is 0 Å². The summed E-state index contributed by atoms with van der Waals surface area (Å²) in [5, 5.41) is 10.8. The maximum absolute atomic E-state index is 13.9. The molecule has 2 fully saturated rings. The topological polar surface area (TPSA) is 91.8 Å². The first-order valence-electron chi connectivity index (χ1n) is 9.10. The Labute approximate surface area is 167 Å². The van der Waals surface area contributed by atoms with Crippen molar-refractivity contribution in [3.8, 4) is 0 Å². The van der Waals surface area contributed by atoms with Crippen LogP contribution in [0.2, 0.25) is 0 Å². The van der Waals surface area contributed by atoms with Gasteiger partial charge in [0.2, 0.25) is 0 Å². The van der Waals surface area contributed by atoms with Crippen molar-refractivity contribution < 1.29 is 27.5 Å². The van der Waals surface area contributed by atoms with E-state index in [1.54, 1.807) is 36.4 Å². The number of benzene rings is 2. The summed E-state index contributed by atoms with van der Waals surface area (Å²) in [6, 6.07) is 11.9. The monoisotopic (exact) mass is 415 g/mol. The van der Waals surface area contributed by atoms with Crippen LogP contribution in [0.15, 0.2) is 60.2 Å². The molecule has 2 aliphatic heterocycles. The van der Waals surface area contributed by atoms with Crippen molar-refractivity contribution >= 4 is 27.3 Å². The second kappa shape index (κ2) is 7.11. The maximum atomic E-state index is 13.9. The number of aliphatic hydroxyl groups is 1. The molecule has 150 valence electrons. The molecular weight excluding hydrogens is 397 g/mol. The van der Waals surface area contributed by atoms with Gasteiger partial charge in [-0.15, -0.1) is 0 Å². The number of sulfone groups is 1. The molecular formula is C21H18FNO5S. The summed E-state index contributed by atoms with van der Waals surface area (Å²) in [4.78, 5) is 26.9. The van der Waals surface area contributed by atoms with Crippen molar-refractivity contribution in [1.29, 1.82) is 0 Å². The molecule has 2 heterocycles. The first kappa shape index (κ1) is 19.3. The van der Waals surface area contributed by atoms with Crippen molar-refractivity contribution in [2.75, 3.05) is 11.5 Å². The lowest BCUT2D eigenvalue weighted by atomic mass is 9.94. The molecule has 0 bridgehead atoms. The second-order valence-electron chi connectivity index (χ2n) is 7.18. The third-order valence-electron chi connectivity index (χ3n) is 5.29. The van der Waals surface area contributed by atoms with Crippen LogP contribution in [-0.2, 0) is 19.4 Å². The molecule has 2 atom stereocenters. The standard InChI is InChI=1S/C21H18FNO5S/c22-15-8-4-7-14(11-15)18-17(19(24)13-5-2-1-3-6-13)20(25)21(26)23(18)16-9-10-29(27,28)12-16/h1-8,11,16,18,24H,9-10,12H2/b19-17+. The van der Waals surface area contributed by atoms with E-state index in [1.807, 2.05) is 0 Å². The summed E-state index contributed by atoms with van der Waals surface area (Å²) in [5.74, 6) is -3.09. The average molecular weight is 415 g/mol. The molecule has 4 rings (SSSR count). The quantitative estimate of drug-likeness (QED) is 0.472. The molecule has 1 amide bonds. The van der Waals surface area contributed by atoms with Gasteiger partial charge in [0.05, 0.1) is 23.1 Å². The molecule has 2 aromatic carbocycles. The zero-order chi connectivity index (χ0) is 20.8. The highest BCUT2D eigenvalue weighted by Crippen LogP contribution is 2.42. The Morgan fingerprint density at radius 1 is 1.07 bits per heavy atom. The Balaban J connectivity index is 1.90. The molecule has 2 aromatic rings. The van der Waals surface area contributed by atoms with Crippen LogP contribution in [-0.4, -0.2) is 47.7 Å². The van der Waals surface area contributed by atoms with E-state index in [1.165, 1.54) is 23.1 Å². The summed E-state index contributed by atoms with van der Waals surface area (Å²) in [7, 11) is -3.34. The van der Waals surface area contributed by atoms with Crippen molar-refractivity contribution in [1.82, 2.24) is 4.90 Å². The summed E-state index contributed by atoms with van der Waals surface area (Å²) in [6.45, 7) is 0. The summed E-state index contributed by atoms with van der Waals surface area (Å²) < 4.78 is 37.9. The number of nitrogens with zero attached hydrogens (tertiary/aromatic N) is 1. The van der Waals surface area contributed by atoms with Crippen molar-refractivity contribution in [3.05, 3.63) is 77.1 Å². The molecule has 0 aliphatic carbocycles. The van der Waals surface area contributed by atoms with Crippen LogP contribution in [0.3, 0.4) is 0 Å². The zero-order valence-electron chi connectivity index (χ0n) is 15.3. The van der Waals surface area contributed by atoms with Gasteiger partial charge in [-0.2, -0.15) is 0 Å². The first-order chi connectivity index (χ1) is 13.8. The van der Waals surface area contributed by atoms with Crippen molar-refractivity contribution in [2.45, 2.75) is 18.5 Å². The third-order valence-corrected chi connectivity index (χ3v) is 7.04. The Morgan fingerprint density at radius 2 is 1.79 bits per heavy atom. The normalized spacial score (nSPS) is 25.5. The molecule has 6 nitrogen and oxygen atoms in total. The van der Waals surface area contributed by atoms with Crippen LogP contribution in [0.1, 0.15) is 23.6 Å². The van der Waals surface area contributed by atoms with E-state index in [0.717, 1.165) is 0 Å². The van der Waals surface area contributed by atoms with Gasteiger partial charge in [-0.1, -0.05) is 42.5 Å². The molecule has 0 spiro atoms. The molecule has 2 unspecified atom stereocenters. The molecule has 1 N–H and O–H groups in total. The number of halogens is 1. The number of ketones is 1. The van der Waals surface area contributed by atoms with E-state index in [2.05, 4.69) is 0 Å². The van der Waals surface area contributed by atoms with E-state index in [9.17, 15) is 27.5 Å². The van der Waals surface area contributed by atoms with Gasteiger partial charge >= 0.3 is 0 Å². The SMILES string of the molecule is O=C1C(=O)N(C2CCS(=O)(=O)C2)C(c2cccc(F)c2)/C1=C(\O)c1ccccc1. The molecule has 29 heavy (non-hydrogen) atoms. The fourth-order valence-corrected chi connectivity index (χ4v) is 5.69. The second-order valence-corrected chi connectivity index (χ2v) is 9.41. The molecule has 0 aromatic heterocycles. The Bertz CT molecular complexity index is 1130. The maximum Gasteiger partial charge on any atom is 0.295 e. The highest BCUT2D eigenvalue weighted by Gasteiger charge is 2.50. The highest BCUT2D eigenvalue weighted by molar-refractivity contribution is 7.91. The fraction of sp³-hybridized carbons (Fsp3) is 0.238. The van der Waals surface area contributed by atoms with Gasteiger partial charge < -0.3 is 10.0 Å². The van der Waals surface area contributed by atoms with Gasteiger partial charge in [0.1, 0.15) is 11.6 Å². The van der Waals surface area contributed by atoms with Crippen LogP contribution in [0.25, 0.3) is 5.76 Å². The van der Waals surface area contributed by atoms with Crippen LogP contribution in [0, 0.1) is 5.82 Å². The average Bonchev–Trinajstić information content (AvgIpc) is 3.18. The minimum absolute atomic E-state index is 0.0881. The van der Waals surface area contributed by atoms with Gasteiger partial charge in [0, 0.05) is 11.6 Å². The lowest BCUT2D eigenvalue weighted by Crippen LogP contribution is -2.40. The number of rotatable bonds is 3. The molecule has 0 radical (unpaired) electrons. The Kier molecular flexibility index (Phi) is 4.74. The number of carbonyl (C=O) groups is 2. The highest BCUT2D eigenvalue weighted by atomic mass is 32.2. The number of aliphatic hydroxyl groups excluding tert-OH is 1. The Hall–Kier alpha value is -3.00. The largest absolute Gasteiger partial charge is 0.507 e. The van der Waals surface area contributed by atoms with Crippen LogP contribution in [0.4, 0.5) is 4.39 Å². The van der Waals surface area contributed by atoms with Gasteiger partial charge in [0.15, 0.2) is 9.84 Å². The van der Waals surface area contributed by atoms with Crippen LogP contribution < -0.4 is 0 Å². The number of carbonyl (C=O) groups excluding carboxylic acids is 2. The number of likely N-dealkylation sites (tertiary alicyclic amines) is 1. The van der Waals surface area contributed by atoms with Gasteiger partial charge in [-0.3, -0.25) is 9.59 Å². The van der Waals surface area contributed by atoms with Crippen molar-refractivity contribution in [3.63, 3.8) is 0 Å². The Morgan fingerprint density at radius 3 is 2.41 bits per heavy atom. The predicted molar refractivity (Wildman–Crippen MR) is 104 cm³/mol. The van der Waals surface area contributed by atoms with Crippen LogP contribution in [0.5, 0.6) is 0 Å². The molecule has 0 saturated carbocycles. The first-order valence-corrected chi connectivity index (χ1v) is 10.9. The number of hydrogen-bond acceptors (Lipinski definition) is 5. The van der Waals surface area contributed by atoms with Gasteiger partial charge in [0.25, 0.3) is 11.7 Å². The summed E-state index contributed by atoms with van der Waals surface area (Å²) >= 11 is 0.